The number of piperidine rings is 1. The van der Waals surface area contributed by atoms with Crippen LogP contribution in [0.5, 0.6) is 0 Å². The minimum absolute atomic E-state index is 0.0263. The molecule has 1 aromatic heterocycles. The summed E-state index contributed by atoms with van der Waals surface area (Å²) < 4.78 is 27.2. The zero-order valence-electron chi connectivity index (χ0n) is 47.4. The first kappa shape index (κ1) is 58.3. The quantitative estimate of drug-likeness (QED) is 0.0291. The number of anilines is 1. The average Bonchev–Trinajstić information content (AvgIpc) is 4.07. The van der Waals surface area contributed by atoms with Crippen molar-refractivity contribution >= 4 is 52.3 Å². The van der Waals surface area contributed by atoms with Gasteiger partial charge >= 0.3 is 11.8 Å². The van der Waals surface area contributed by atoms with Crippen molar-refractivity contribution in [2.24, 2.45) is 12.8 Å². The first-order valence-corrected chi connectivity index (χ1v) is 29.4. The summed E-state index contributed by atoms with van der Waals surface area (Å²) in [5, 5.41) is 8.34. The van der Waals surface area contributed by atoms with Gasteiger partial charge < -0.3 is 35.3 Å². The van der Waals surface area contributed by atoms with Crippen LogP contribution in [-0.4, -0.2) is 102 Å². The van der Waals surface area contributed by atoms with Gasteiger partial charge in [-0.25, -0.2) is 9.59 Å². The third-order valence-electron chi connectivity index (χ3n) is 16.8. The predicted octanol–water partition coefficient (Wildman–Crippen LogP) is 7.55. The van der Waals surface area contributed by atoms with Crippen LogP contribution in [0.2, 0.25) is 0 Å². The Labute approximate surface area is 483 Å². The zero-order chi connectivity index (χ0) is 58.0. The summed E-state index contributed by atoms with van der Waals surface area (Å²) in [5.41, 5.74) is 16.9. The molecule has 1 unspecified atom stereocenters. The summed E-state index contributed by atoms with van der Waals surface area (Å²) in [4.78, 5) is 93.7. The number of hydrogen-bond donors (Lipinski definition) is 4. The lowest BCUT2D eigenvalue weighted by Gasteiger charge is -2.31. The van der Waals surface area contributed by atoms with Crippen LogP contribution in [0.25, 0.3) is 22.2 Å². The molecule has 1 aliphatic carbocycles. The molecule has 5 aromatic carbocycles. The molecule has 6 amide bonds. The van der Waals surface area contributed by atoms with Crippen LogP contribution in [0.3, 0.4) is 0 Å². The predicted molar refractivity (Wildman–Crippen MR) is 314 cm³/mol. The normalized spacial score (nSPS) is 18.0. The number of unbranched alkanes of at least 4 members (excludes halogenated alkanes) is 2. The van der Waals surface area contributed by atoms with Gasteiger partial charge in [0.05, 0.1) is 35.5 Å². The number of amides is 6. The molecule has 1 fully saturated rings. The summed E-state index contributed by atoms with van der Waals surface area (Å²) >= 11 is 0. The van der Waals surface area contributed by atoms with Gasteiger partial charge in [-0.05, 0) is 134 Å². The summed E-state index contributed by atoms with van der Waals surface area (Å²) in [6.07, 6.45) is 6.83. The van der Waals surface area contributed by atoms with E-state index in [1.165, 1.54) is 10.1 Å². The second-order valence-corrected chi connectivity index (χ2v) is 22.3. The maximum atomic E-state index is 14.6. The van der Waals surface area contributed by atoms with Crippen LogP contribution in [0.1, 0.15) is 122 Å². The molecule has 10 rings (SSSR count). The van der Waals surface area contributed by atoms with Gasteiger partial charge in [0.1, 0.15) is 24.7 Å². The molecule has 18 heteroatoms. The van der Waals surface area contributed by atoms with E-state index in [2.05, 4.69) is 52.3 Å². The molecule has 0 bridgehead atoms. The number of para-hydroxylation sites is 2. The van der Waals surface area contributed by atoms with Gasteiger partial charge in [-0.15, -0.1) is 0 Å². The third-order valence-corrected chi connectivity index (χ3v) is 16.8. The smallest absolute Gasteiger partial charge is 0.407 e. The number of aromatic nitrogens is 2. The van der Waals surface area contributed by atoms with Crippen molar-refractivity contribution in [3.8, 4) is 11.1 Å². The number of aryl methyl sites for hydroxylation is 4. The van der Waals surface area contributed by atoms with Crippen molar-refractivity contribution in [1.82, 2.24) is 25.1 Å². The number of nitrogens with one attached hydrogen (secondary N) is 3. The van der Waals surface area contributed by atoms with E-state index in [-0.39, 0.29) is 68.2 Å². The SMILES string of the molecule is C[C@@H](OCc1ccc(CCCOCCCCCOCCCc2cccc3c2n(C)c(=O)n3C2CCC(=O)NC2=O)cc1)[C@H](CCC(N)=O)NC(=O)[C@@H]1Cc2cccc3c2N1C(=O)[C@@H](NC(=O)OCC1c2ccccc2-c2ccccc21)CC3. The van der Waals surface area contributed by atoms with Crippen molar-refractivity contribution in [3.63, 3.8) is 0 Å². The number of nitrogens with zero attached hydrogens (tertiary/aromatic N) is 3. The summed E-state index contributed by atoms with van der Waals surface area (Å²) in [6.45, 7) is 4.83. The Morgan fingerprint density at radius 3 is 2.11 bits per heavy atom. The highest BCUT2D eigenvalue weighted by atomic mass is 16.5. The maximum Gasteiger partial charge on any atom is 0.407 e. The first-order chi connectivity index (χ1) is 40.3. The number of primary amides is 1. The maximum absolute atomic E-state index is 14.6. The van der Waals surface area contributed by atoms with Gasteiger partial charge in [0.15, 0.2) is 0 Å². The third kappa shape index (κ3) is 13.5. The molecule has 0 saturated carbocycles. The van der Waals surface area contributed by atoms with Gasteiger partial charge in [-0.2, -0.15) is 0 Å². The average molecular weight is 1130 g/mol. The number of hydrogen-bond acceptors (Lipinski definition) is 11. The van der Waals surface area contributed by atoms with Gasteiger partial charge in [0.2, 0.25) is 29.5 Å². The minimum Gasteiger partial charge on any atom is -0.449 e. The van der Waals surface area contributed by atoms with Crippen LogP contribution < -0.4 is 32.3 Å². The van der Waals surface area contributed by atoms with E-state index in [1.54, 1.807) is 16.5 Å². The topological polar surface area (TPSA) is 232 Å². The number of fused-ring (bicyclic) bond motifs is 4. The summed E-state index contributed by atoms with van der Waals surface area (Å²) in [6, 6.07) is 32.9. The Hall–Kier alpha value is -7.93. The Kier molecular flexibility index (Phi) is 18.9. The Bertz CT molecular complexity index is 3360. The highest BCUT2D eigenvalue weighted by Gasteiger charge is 2.45. The molecule has 5 N–H and O–H groups in total. The number of ether oxygens (including phenoxy) is 4. The van der Waals surface area contributed by atoms with Gasteiger partial charge in [-0.1, -0.05) is 103 Å². The molecule has 1 saturated heterocycles. The fourth-order valence-corrected chi connectivity index (χ4v) is 12.4. The molecular formula is C65H75N7O11. The van der Waals surface area contributed by atoms with Gasteiger partial charge in [0, 0.05) is 58.7 Å². The van der Waals surface area contributed by atoms with Crippen molar-refractivity contribution < 1.29 is 47.7 Å². The van der Waals surface area contributed by atoms with E-state index >= 15 is 0 Å². The largest absolute Gasteiger partial charge is 0.449 e. The van der Waals surface area contributed by atoms with Crippen LogP contribution >= 0.6 is 0 Å². The summed E-state index contributed by atoms with van der Waals surface area (Å²) in [7, 11) is 1.72. The van der Waals surface area contributed by atoms with Crippen LogP contribution in [-0.2, 0) is 82.3 Å². The molecule has 18 nitrogen and oxygen atoms in total. The van der Waals surface area contributed by atoms with Crippen LogP contribution in [0.15, 0.2) is 114 Å². The number of alkyl carbamates (subject to hydrolysis) is 1. The lowest BCUT2D eigenvalue weighted by molar-refractivity contribution is -0.135. The number of imidazole rings is 1. The number of nitrogens with two attached hydrogens (primary N) is 1. The standard InChI is InChI=1S/C65H75N7O11/c1-41(82-39-43-26-24-42(25-27-43)14-12-36-80-34-8-3-9-35-81-37-13-18-44-16-11-23-54-60(44)70(2)65(79)71(54)55-31-33-58(74)69-61(55)75)52(30-32-57(66)73)67-62(76)56-38-46-17-10-15-45-28-29-53(63(77)72(56)59(45)46)68-64(78)83-40-51-49-21-6-4-19-47(49)48-20-5-7-22-50(48)51/h4-7,10-11,15-17,19-27,41,51-53,55-56H,3,8-9,12-14,18,28-40H2,1-2H3,(H2,66,73)(H,67,76)(H,68,78)(H,69,74,75)/t41-,52+,53+,55?,56+/m1/s1. The van der Waals surface area contributed by atoms with E-state index in [4.69, 9.17) is 24.7 Å². The Morgan fingerprint density at radius 1 is 0.735 bits per heavy atom. The monoisotopic (exact) mass is 1130 g/mol. The minimum atomic E-state index is -0.931. The van der Waals surface area contributed by atoms with E-state index < -0.39 is 48.2 Å². The Balaban J connectivity index is 0.627. The highest BCUT2D eigenvalue weighted by molar-refractivity contribution is 6.07. The van der Waals surface area contributed by atoms with E-state index in [1.807, 2.05) is 79.7 Å². The molecule has 83 heavy (non-hydrogen) atoms. The van der Waals surface area contributed by atoms with Crippen LogP contribution in [0.4, 0.5) is 10.5 Å². The lowest BCUT2D eigenvalue weighted by atomic mass is 9.98. The van der Waals surface area contributed by atoms with Gasteiger partial charge in [0.25, 0.3) is 0 Å². The number of carbonyl (C=O) groups excluding carboxylic acids is 6. The molecule has 5 atom stereocenters. The van der Waals surface area contributed by atoms with E-state index in [0.717, 1.165) is 95.0 Å². The molecule has 4 heterocycles. The zero-order valence-corrected chi connectivity index (χ0v) is 47.4. The highest BCUT2D eigenvalue weighted by Crippen LogP contribution is 2.45. The molecular weight excluding hydrogens is 1050 g/mol. The van der Waals surface area contributed by atoms with Crippen molar-refractivity contribution in [2.75, 3.05) is 37.9 Å². The van der Waals surface area contributed by atoms with Crippen molar-refractivity contribution in [1.29, 1.82) is 0 Å². The molecule has 4 aliphatic rings. The Morgan fingerprint density at radius 2 is 1.40 bits per heavy atom. The fraction of sp³-hybridized carbons (Fsp3) is 0.431. The fourth-order valence-electron chi connectivity index (χ4n) is 12.4. The van der Waals surface area contributed by atoms with Crippen molar-refractivity contribution in [2.45, 2.75) is 140 Å². The number of carbonyl (C=O) groups is 6. The number of rotatable bonds is 27. The van der Waals surface area contributed by atoms with E-state index in [9.17, 15) is 33.6 Å². The number of benzene rings is 5. The second-order valence-electron chi connectivity index (χ2n) is 22.3. The molecule has 436 valence electrons. The number of imide groups is 1. The molecule has 3 aliphatic heterocycles. The first-order valence-electron chi connectivity index (χ1n) is 29.4. The molecule has 0 radical (unpaired) electrons. The van der Waals surface area contributed by atoms with Crippen LogP contribution in [0, 0.1) is 0 Å². The summed E-state index contributed by atoms with van der Waals surface area (Å²) in [5.74, 6) is -2.17. The molecule has 0 spiro atoms. The van der Waals surface area contributed by atoms with E-state index in [0.29, 0.717) is 56.9 Å². The lowest BCUT2D eigenvalue weighted by Crippen LogP contribution is -2.56. The van der Waals surface area contributed by atoms with Gasteiger partial charge in [-0.3, -0.25) is 43.3 Å². The second kappa shape index (κ2) is 27.0. The van der Waals surface area contributed by atoms with Crippen molar-refractivity contribution in [3.05, 3.63) is 159 Å². The molecule has 6 aromatic rings.